The van der Waals surface area contributed by atoms with Crippen molar-refractivity contribution in [2.75, 3.05) is 7.11 Å². The normalized spacial score (nSPS) is 12.8. The Labute approximate surface area is 112 Å². The number of benzene rings is 1. The van der Waals surface area contributed by atoms with Crippen LogP contribution in [-0.4, -0.2) is 23.2 Å². The highest BCUT2D eigenvalue weighted by Crippen LogP contribution is 2.34. The zero-order valence-corrected chi connectivity index (χ0v) is 11.4. The molecule has 2 aromatic rings. The topological polar surface area (TPSA) is 62.3 Å². The Morgan fingerprint density at radius 2 is 2.16 bits per heavy atom. The summed E-state index contributed by atoms with van der Waals surface area (Å²) in [6.07, 6.45) is 2.06. The van der Waals surface area contributed by atoms with Gasteiger partial charge in [-0.25, -0.2) is 0 Å². The van der Waals surface area contributed by atoms with Crippen molar-refractivity contribution in [1.82, 2.24) is 4.98 Å². The summed E-state index contributed by atoms with van der Waals surface area (Å²) in [5.41, 5.74) is 2.05. The van der Waals surface area contributed by atoms with Gasteiger partial charge >= 0.3 is 5.97 Å². The quantitative estimate of drug-likeness (QED) is 0.867. The molecule has 1 aromatic carbocycles. The third-order valence-electron chi connectivity index (χ3n) is 3.52. The molecule has 0 spiro atoms. The zero-order valence-electron chi connectivity index (χ0n) is 11.4. The molecule has 102 valence electrons. The Morgan fingerprint density at radius 1 is 1.42 bits per heavy atom. The number of hydrogen-bond donors (Lipinski definition) is 2. The minimum atomic E-state index is -0.768. The number of rotatable bonds is 5. The zero-order chi connectivity index (χ0) is 14.0. The highest BCUT2D eigenvalue weighted by molar-refractivity contribution is 5.85. The SMILES string of the molecule is COc1ccc2[nH]cc(C(CC(=O)O)C(C)C)c2c1. The lowest BCUT2D eigenvalue weighted by molar-refractivity contribution is -0.137. The van der Waals surface area contributed by atoms with E-state index in [0.29, 0.717) is 0 Å². The molecule has 1 unspecified atom stereocenters. The molecular weight excluding hydrogens is 242 g/mol. The number of nitrogens with one attached hydrogen (secondary N) is 1. The number of aromatic amines is 1. The van der Waals surface area contributed by atoms with Crippen LogP contribution in [0, 0.1) is 5.92 Å². The van der Waals surface area contributed by atoms with Crippen LogP contribution >= 0.6 is 0 Å². The number of carboxylic acids is 1. The number of ether oxygens (including phenoxy) is 1. The van der Waals surface area contributed by atoms with Gasteiger partial charge in [0.05, 0.1) is 13.5 Å². The van der Waals surface area contributed by atoms with Crippen LogP contribution in [0.4, 0.5) is 0 Å². The predicted molar refractivity (Wildman–Crippen MR) is 74.7 cm³/mol. The molecule has 4 heteroatoms. The molecule has 0 aliphatic carbocycles. The van der Waals surface area contributed by atoms with Gasteiger partial charge in [-0.1, -0.05) is 13.8 Å². The average Bonchev–Trinajstić information content (AvgIpc) is 2.77. The fourth-order valence-corrected chi connectivity index (χ4v) is 2.45. The van der Waals surface area contributed by atoms with Crippen LogP contribution in [0.3, 0.4) is 0 Å². The van der Waals surface area contributed by atoms with E-state index in [2.05, 4.69) is 4.98 Å². The molecule has 2 N–H and O–H groups in total. The molecule has 1 heterocycles. The number of aliphatic carboxylic acids is 1. The first-order valence-corrected chi connectivity index (χ1v) is 6.39. The first-order valence-electron chi connectivity index (χ1n) is 6.39. The van der Waals surface area contributed by atoms with E-state index in [1.165, 1.54) is 0 Å². The van der Waals surface area contributed by atoms with Crippen LogP contribution < -0.4 is 4.74 Å². The molecule has 0 saturated heterocycles. The fourth-order valence-electron chi connectivity index (χ4n) is 2.45. The van der Waals surface area contributed by atoms with E-state index in [4.69, 9.17) is 9.84 Å². The van der Waals surface area contributed by atoms with Crippen molar-refractivity contribution in [3.05, 3.63) is 30.0 Å². The lowest BCUT2D eigenvalue weighted by Crippen LogP contribution is -2.11. The second kappa shape index (κ2) is 5.34. The molecule has 0 aliphatic heterocycles. The molecule has 0 amide bonds. The number of carboxylic acid groups (broad SMARTS) is 1. The van der Waals surface area contributed by atoms with Gasteiger partial charge in [0.15, 0.2) is 0 Å². The van der Waals surface area contributed by atoms with E-state index >= 15 is 0 Å². The van der Waals surface area contributed by atoms with Gasteiger partial charge in [-0.15, -0.1) is 0 Å². The number of methoxy groups -OCH3 is 1. The van der Waals surface area contributed by atoms with Crippen molar-refractivity contribution in [3.8, 4) is 5.75 Å². The molecule has 0 aliphatic rings. The van der Waals surface area contributed by atoms with Crippen LogP contribution in [0.15, 0.2) is 24.4 Å². The number of hydrogen-bond acceptors (Lipinski definition) is 2. The van der Waals surface area contributed by atoms with Crippen molar-refractivity contribution >= 4 is 16.9 Å². The molecule has 19 heavy (non-hydrogen) atoms. The molecule has 1 atom stereocenters. The highest BCUT2D eigenvalue weighted by Gasteiger charge is 2.22. The summed E-state index contributed by atoms with van der Waals surface area (Å²) in [4.78, 5) is 14.2. The third kappa shape index (κ3) is 2.72. The van der Waals surface area contributed by atoms with Crippen molar-refractivity contribution in [2.24, 2.45) is 5.92 Å². The number of aromatic nitrogens is 1. The minimum Gasteiger partial charge on any atom is -0.497 e. The van der Waals surface area contributed by atoms with Gasteiger partial charge in [0.1, 0.15) is 5.75 Å². The molecule has 0 fully saturated rings. The summed E-state index contributed by atoms with van der Waals surface area (Å²) >= 11 is 0. The fraction of sp³-hybridized carbons (Fsp3) is 0.400. The van der Waals surface area contributed by atoms with Gasteiger partial charge in [-0.2, -0.15) is 0 Å². The molecule has 0 saturated carbocycles. The number of H-pyrrole nitrogens is 1. The predicted octanol–water partition coefficient (Wildman–Crippen LogP) is 3.39. The summed E-state index contributed by atoms with van der Waals surface area (Å²) in [5, 5.41) is 10.1. The average molecular weight is 261 g/mol. The standard InChI is InChI=1S/C15H19NO3/c1-9(2)11(7-15(17)18)13-8-16-14-5-4-10(19-3)6-12(13)14/h4-6,8-9,11,16H,7H2,1-3H3,(H,17,18). The molecule has 4 nitrogen and oxygen atoms in total. The summed E-state index contributed by atoms with van der Waals surface area (Å²) in [7, 11) is 1.63. The minimum absolute atomic E-state index is 0.00152. The molecule has 0 bridgehead atoms. The maximum absolute atomic E-state index is 11.0. The van der Waals surface area contributed by atoms with Crippen LogP contribution in [0.5, 0.6) is 5.75 Å². The second-order valence-electron chi connectivity index (χ2n) is 5.10. The van der Waals surface area contributed by atoms with Crippen LogP contribution in [0.1, 0.15) is 31.7 Å². The van der Waals surface area contributed by atoms with Crippen LogP contribution in [0.25, 0.3) is 10.9 Å². The Morgan fingerprint density at radius 3 is 2.74 bits per heavy atom. The van der Waals surface area contributed by atoms with Gasteiger partial charge in [0.2, 0.25) is 0 Å². The highest BCUT2D eigenvalue weighted by atomic mass is 16.5. The van der Waals surface area contributed by atoms with Crippen molar-refractivity contribution < 1.29 is 14.6 Å². The lowest BCUT2D eigenvalue weighted by atomic mass is 9.85. The number of carbonyl (C=O) groups is 1. The maximum Gasteiger partial charge on any atom is 0.303 e. The summed E-state index contributed by atoms with van der Waals surface area (Å²) in [6.45, 7) is 4.10. The van der Waals surface area contributed by atoms with Crippen molar-refractivity contribution in [2.45, 2.75) is 26.2 Å². The van der Waals surface area contributed by atoms with Gasteiger partial charge in [-0.05, 0) is 35.6 Å². The van der Waals surface area contributed by atoms with Crippen molar-refractivity contribution in [1.29, 1.82) is 0 Å². The Bertz CT molecular complexity index is 586. The Balaban J connectivity index is 2.49. The largest absolute Gasteiger partial charge is 0.497 e. The second-order valence-corrected chi connectivity index (χ2v) is 5.10. The summed E-state index contributed by atoms with van der Waals surface area (Å²) in [6, 6.07) is 5.80. The van der Waals surface area contributed by atoms with Gasteiger partial charge in [0, 0.05) is 17.1 Å². The summed E-state index contributed by atoms with van der Waals surface area (Å²) in [5.74, 6) is 0.279. The summed E-state index contributed by atoms with van der Waals surface area (Å²) < 4.78 is 5.24. The first kappa shape index (κ1) is 13.5. The van der Waals surface area contributed by atoms with Gasteiger partial charge < -0.3 is 14.8 Å². The maximum atomic E-state index is 11.0. The lowest BCUT2D eigenvalue weighted by Gasteiger charge is -2.18. The van der Waals surface area contributed by atoms with Gasteiger partial charge in [-0.3, -0.25) is 4.79 Å². The molecule has 2 rings (SSSR count). The molecule has 0 radical (unpaired) electrons. The van der Waals surface area contributed by atoms with E-state index in [0.717, 1.165) is 22.2 Å². The molecular formula is C15H19NO3. The smallest absolute Gasteiger partial charge is 0.303 e. The van der Waals surface area contributed by atoms with Crippen LogP contribution in [0.2, 0.25) is 0 Å². The van der Waals surface area contributed by atoms with Crippen molar-refractivity contribution in [3.63, 3.8) is 0 Å². The Kier molecular flexibility index (Phi) is 3.79. The third-order valence-corrected chi connectivity index (χ3v) is 3.52. The van der Waals surface area contributed by atoms with E-state index in [1.807, 2.05) is 38.2 Å². The van der Waals surface area contributed by atoms with Gasteiger partial charge in [0.25, 0.3) is 0 Å². The number of fused-ring (bicyclic) bond motifs is 1. The van der Waals surface area contributed by atoms with E-state index in [1.54, 1.807) is 7.11 Å². The van der Waals surface area contributed by atoms with E-state index in [-0.39, 0.29) is 18.3 Å². The van der Waals surface area contributed by atoms with E-state index < -0.39 is 5.97 Å². The van der Waals surface area contributed by atoms with E-state index in [9.17, 15) is 4.79 Å². The van der Waals surface area contributed by atoms with Crippen LogP contribution in [-0.2, 0) is 4.79 Å². The first-order chi connectivity index (χ1) is 9.02. The Hall–Kier alpha value is -1.97. The monoisotopic (exact) mass is 261 g/mol. The molecule has 1 aromatic heterocycles.